The van der Waals surface area contributed by atoms with Crippen LogP contribution in [0.5, 0.6) is 0 Å². The molecule has 25 heavy (non-hydrogen) atoms. The lowest BCUT2D eigenvalue weighted by atomic mass is 9.77. The van der Waals surface area contributed by atoms with E-state index in [-0.39, 0.29) is 23.6 Å². The number of nitrogens with zero attached hydrogens (tertiary/aromatic N) is 3. The summed E-state index contributed by atoms with van der Waals surface area (Å²) in [5, 5.41) is 20.6. The summed E-state index contributed by atoms with van der Waals surface area (Å²) in [5.41, 5.74) is 0.721. The van der Waals surface area contributed by atoms with E-state index in [1.807, 2.05) is 17.6 Å². The summed E-state index contributed by atoms with van der Waals surface area (Å²) in [6, 6.07) is -0.303. The van der Waals surface area contributed by atoms with Crippen molar-refractivity contribution in [1.29, 1.82) is 0 Å². The fourth-order valence-corrected chi connectivity index (χ4v) is 6.20. The zero-order chi connectivity index (χ0) is 18.0. The molecule has 4 atom stereocenters. The van der Waals surface area contributed by atoms with Gasteiger partial charge in [0.05, 0.1) is 34.2 Å². The first-order valence-corrected chi connectivity index (χ1v) is 9.90. The molecule has 0 aliphatic carbocycles. The quantitative estimate of drug-likeness (QED) is 0.621. The minimum absolute atomic E-state index is 0.0483. The molecule has 2 aliphatic rings. The van der Waals surface area contributed by atoms with Gasteiger partial charge in [-0.2, -0.15) is 0 Å². The highest BCUT2D eigenvalue weighted by atomic mass is 32.2. The predicted molar refractivity (Wildman–Crippen MR) is 94.4 cm³/mol. The number of carboxylic acids is 1. The van der Waals surface area contributed by atoms with E-state index >= 15 is 0 Å². The number of β-lactam (4-membered cyclic amide) rings is 1. The van der Waals surface area contributed by atoms with Gasteiger partial charge in [-0.1, -0.05) is 6.92 Å². The highest BCUT2D eigenvalue weighted by Gasteiger charge is 2.60. The standard InChI is InChI=1S/C16H17N3O4S2/c1-6-9(13-15(24-3)18-5-17-4-8(18)25-13)12(16(22)23)19-11(6)10(7(2)20)14(19)21/h4-7,10-11,20H,1-3H3,(H,22,23)/t6-,7+,10+,11+/m0/s1. The molecule has 4 rings (SSSR count). The van der Waals surface area contributed by atoms with Crippen LogP contribution in [0.3, 0.4) is 0 Å². The third kappa shape index (κ3) is 2.06. The molecule has 0 bridgehead atoms. The van der Waals surface area contributed by atoms with Gasteiger partial charge in [0.2, 0.25) is 5.91 Å². The average Bonchev–Trinajstić information content (AvgIpc) is 3.16. The lowest BCUT2D eigenvalue weighted by molar-refractivity contribution is -0.163. The zero-order valence-electron chi connectivity index (χ0n) is 13.8. The Morgan fingerprint density at radius 3 is 2.80 bits per heavy atom. The summed E-state index contributed by atoms with van der Waals surface area (Å²) >= 11 is 3.00. The molecule has 1 fully saturated rings. The van der Waals surface area contributed by atoms with E-state index in [2.05, 4.69) is 4.98 Å². The van der Waals surface area contributed by atoms with Crippen molar-refractivity contribution in [2.45, 2.75) is 31.0 Å². The van der Waals surface area contributed by atoms with Crippen LogP contribution in [0, 0.1) is 11.8 Å². The smallest absolute Gasteiger partial charge is 0.352 e. The van der Waals surface area contributed by atoms with Crippen molar-refractivity contribution in [3.63, 3.8) is 0 Å². The third-order valence-electron chi connectivity index (χ3n) is 5.04. The second kappa shape index (κ2) is 5.58. The van der Waals surface area contributed by atoms with Gasteiger partial charge < -0.3 is 15.1 Å². The molecular formula is C16H17N3O4S2. The Bertz CT molecular complexity index is 929. The third-order valence-corrected chi connectivity index (χ3v) is 7.08. The summed E-state index contributed by atoms with van der Waals surface area (Å²) in [4.78, 5) is 31.7. The molecule has 9 heteroatoms. The molecule has 0 unspecified atom stereocenters. The van der Waals surface area contributed by atoms with E-state index < -0.39 is 18.0 Å². The van der Waals surface area contributed by atoms with Gasteiger partial charge in [0.15, 0.2) is 0 Å². The summed E-state index contributed by atoms with van der Waals surface area (Å²) < 4.78 is 1.94. The van der Waals surface area contributed by atoms with E-state index in [9.17, 15) is 19.8 Å². The Morgan fingerprint density at radius 2 is 2.20 bits per heavy atom. The molecule has 2 aromatic heterocycles. The Kier molecular flexibility index (Phi) is 3.71. The number of amides is 1. The Balaban J connectivity index is 1.91. The second-order valence-corrected chi connectivity index (χ2v) is 8.19. The first kappa shape index (κ1) is 16.6. The minimum Gasteiger partial charge on any atom is -0.477 e. The number of aliphatic carboxylic acids is 1. The van der Waals surface area contributed by atoms with Gasteiger partial charge in [0, 0.05) is 11.5 Å². The molecule has 132 valence electrons. The largest absolute Gasteiger partial charge is 0.477 e. The van der Waals surface area contributed by atoms with Crippen LogP contribution in [-0.2, 0) is 9.59 Å². The van der Waals surface area contributed by atoms with Gasteiger partial charge in [-0.05, 0) is 13.2 Å². The topological polar surface area (TPSA) is 95.1 Å². The van der Waals surface area contributed by atoms with E-state index in [1.54, 1.807) is 19.4 Å². The number of aromatic nitrogens is 2. The number of rotatable bonds is 4. The molecular weight excluding hydrogens is 362 g/mol. The van der Waals surface area contributed by atoms with Gasteiger partial charge >= 0.3 is 5.97 Å². The fourth-order valence-electron chi connectivity index (χ4n) is 4.00. The molecule has 2 aromatic rings. The van der Waals surface area contributed by atoms with Crippen LogP contribution in [0.2, 0.25) is 0 Å². The van der Waals surface area contributed by atoms with E-state index in [1.165, 1.54) is 28.0 Å². The number of aliphatic hydroxyl groups is 1. The zero-order valence-corrected chi connectivity index (χ0v) is 15.5. The number of hydrogen-bond donors (Lipinski definition) is 2. The summed E-state index contributed by atoms with van der Waals surface area (Å²) in [6.45, 7) is 3.52. The van der Waals surface area contributed by atoms with Gasteiger partial charge in [0.25, 0.3) is 0 Å². The average molecular weight is 379 g/mol. The molecule has 0 radical (unpaired) electrons. The molecule has 0 saturated carbocycles. The maximum absolute atomic E-state index is 12.4. The molecule has 0 aromatic carbocycles. The van der Waals surface area contributed by atoms with E-state index in [4.69, 9.17) is 0 Å². The maximum Gasteiger partial charge on any atom is 0.352 e. The number of thioether (sulfide) groups is 1. The van der Waals surface area contributed by atoms with Gasteiger partial charge in [-0.15, -0.1) is 23.1 Å². The first-order chi connectivity index (χ1) is 11.9. The van der Waals surface area contributed by atoms with E-state index in [0.29, 0.717) is 5.57 Å². The van der Waals surface area contributed by atoms with Crippen LogP contribution in [-0.4, -0.2) is 54.8 Å². The summed E-state index contributed by atoms with van der Waals surface area (Å²) in [7, 11) is 0. The van der Waals surface area contributed by atoms with Crippen LogP contribution < -0.4 is 0 Å². The first-order valence-electron chi connectivity index (χ1n) is 7.86. The number of fused-ring (bicyclic) bond motifs is 2. The molecule has 4 heterocycles. The van der Waals surface area contributed by atoms with Crippen LogP contribution in [0.4, 0.5) is 0 Å². The SMILES string of the molecule is CSc1c(C2=C(C(=O)O)N3C(=O)[C@H]([C@@H](C)O)[C@H]3[C@H]2C)sc2cncn12. The summed E-state index contributed by atoms with van der Waals surface area (Å²) in [6.07, 6.45) is 4.59. The monoisotopic (exact) mass is 379 g/mol. The highest BCUT2D eigenvalue weighted by Crippen LogP contribution is 2.53. The summed E-state index contributed by atoms with van der Waals surface area (Å²) in [5.74, 6) is -2.13. The van der Waals surface area contributed by atoms with Crippen molar-refractivity contribution in [2.75, 3.05) is 6.26 Å². The maximum atomic E-state index is 12.4. The highest BCUT2D eigenvalue weighted by molar-refractivity contribution is 7.98. The van der Waals surface area contributed by atoms with Crippen LogP contribution in [0.1, 0.15) is 18.7 Å². The van der Waals surface area contributed by atoms with Gasteiger partial charge in [-0.3, -0.25) is 9.20 Å². The van der Waals surface area contributed by atoms with E-state index in [0.717, 1.165) is 14.7 Å². The van der Waals surface area contributed by atoms with Crippen LogP contribution in [0.25, 0.3) is 10.4 Å². The second-order valence-electron chi connectivity index (χ2n) is 6.36. The molecule has 7 nitrogen and oxygen atoms in total. The molecule has 2 N–H and O–H groups in total. The van der Waals surface area contributed by atoms with Crippen LogP contribution in [0.15, 0.2) is 23.2 Å². The molecule has 1 saturated heterocycles. The molecule has 1 amide bonds. The predicted octanol–water partition coefficient (Wildman–Crippen LogP) is 1.77. The number of imidazole rings is 1. The van der Waals surface area contributed by atoms with Crippen molar-refractivity contribution < 1.29 is 19.8 Å². The minimum atomic E-state index is -1.11. The van der Waals surface area contributed by atoms with Gasteiger partial charge in [-0.25, -0.2) is 9.78 Å². The number of aliphatic hydroxyl groups excluding tert-OH is 1. The Hall–Kier alpha value is -1.84. The van der Waals surface area contributed by atoms with Crippen molar-refractivity contribution in [3.8, 4) is 0 Å². The van der Waals surface area contributed by atoms with Crippen molar-refractivity contribution in [1.82, 2.24) is 14.3 Å². The molecule has 2 aliphatic heterocycles. The van der Waals surface area contributed by atoms with Crippen molar-refractivity contribution in [2.24, 2.45) is 11.8 Å². The van der Waals surface area contributed by atoms with Crippen molar-refractivity contribution >= 4 is 45.4 Å². The Labute approximate surface area is 152 Å². The number of thiazole rings is 1. The molecule has 0 spiro atoms. The number of carbonyl (C=O) groups is 2. The number of hydrogen-bond acceptors (Lipinski definition) is 6. The number of carboxylic acid groups (broad SMARTS) is 1. The van der Waals surface area contributed by atoms with Crippen molar-refractivity contribution in [3.05, 3.63) is 23.1 Å². The lowest BCUT2D eigenvalue weighted by Crippen LogP contribution is -2.63. The van der Waals surface area contributed by atoms with Crippen LogP contribution >= 0.6 is 23.1 Å². The number of carbonyl (C=O) groups excluding carboxylic acids is 1. The van der Waals surface area contributed by atoms with Gasteiger partial charge in [0.1, 0.15) is 16.9 Å². The lowest BCUT2D eigenvalue weighted by Gasteiger charge is -2.46. The fraction of sp³-hybridized carbons (Fsp3) is 0.438. The normalized spacial score (nSPS) is 27.0. The Morgan fingerprint density at radius 1 is 1.48 bits per heavy atom.